The van der Waals surface area contributed by atoms with Crippen molar-refractivity contribution in [3.63, 3.8) is 0 Å². The topological polar surface area (TPSA) is 95.9 Å². The Bertz CT molecular complexity index is 496. The van der Waals surface area contributed by atoms with E-state index in [1.54, 1.807) is 35.3 Å². The maximum atomic E-state index is 12.4. The fourth-order valence-electron chi connectivity index (χ4n) is 2.21. The standard InChI is InChI=1S/C13H18N4O4/c1-16(13-14-3-2-4-15-13)8-11(18)17-5-6-21-9-10(17)7-12(19)20/h2-4,10H,5-9H2,1H3,(H,19,20). The van der Waals surface area contributed by atoms with Gasteiger partial charge in [0.05, 0.1) is 32.2 Å². The highest BCUT2D eigenvalue weighted by Crippen LogP contribution is 2.12. The molecular formula is C13H18N4O4. The summed E-state index contributed by atoms with van der Waals surface area (Å²) in [6.45, 7) is 1.18. The van der Waals surface area contributed by atoms with Crippen LogP contribution in [0.2, 0.25) is 0 Å². The van der Waals surface area contributed by atoms with Gasteiger partial charge in [0.25, 0.3) is 0 Å². The zero-order chi connectivity index (χ0) is 15.2. The lowest BCUT2D eigenvalue weighted by molar-refractivity contribution is -0.145. The van der Waals surface area contributed by atoms with E-state index in [4.69, 9.17) is 9.84 Å². The van der Waals surface area contributed by atoms with Gasteiger partial charge in [-0.25, -0.2) is 9.97 Å². The highest BCUT2D eigenvalue weighted by molar-refractivity contribution is 5.82. The van der Waals surface area contributed by atoms with Crippen LogP contribution in [0, 0.1) is 0 Å². The molecular weight excluding hydrogens is 276 g/mol. The number of carboxylic acids is 1. The van der Waals surface area contributed by atoms with E-state index in [-0.39, 0.29) is 25.5 Å². The molecule has 2 heterocycles. The maximum absolute atomic E-state index is 12.4. The number of likely N-dealkylation sites (N-methyl/N-ethyl adjacent to an activating group) is 1. The highest BCUT2D eigenvalue weighted by Gasteiger charge is 2.29. The van der Waals surface area contributed by atoms with Crippen LogP contribution in [0.3, 0.4) is 0 Å². The number of anilines is 1. The van der Waals surface area contributed by atoms with Gasteiger partial charge in [-0.15, -0.1) is 0 Å². The average molecular weight is 294 g/mol. The third kappa shape index (κ3) is 4.12. The SMILES string of the molecule is CN(CC(=O)N1CCOCC1CC(=O)O)c1ncccn1. The lowest BCUT2D eigenvalue weighted by Gasteiger charge is -2.35. The van der Waals surface area contributed by atoms with Gasteiger partial charge in [-0.05, 0) is 6.07 Å². The number of hydrogen-bond acceptors (Lipinski definition) is 6. The molecule has 114 valence electrons. The molecule has 0 spiro atoms. The zero-order valence-electron chi connectivity index (χ0n) is 11.8. The molecule has 8 nitrogen and oxygen atoms in total. The summed E-state index contributed by atoms with van der Waals surface area (Å²) in [5.74, 6) is -0.642. The van der Waals surface area contributed by atoms with Gasteiger partial charge in [0.1, 0.15) is 0 Å². The van der Waals surface area contributed by atoms with Crippen LogP contribution in [0.5, 0.6) is 0 Å². The first kappa shape index (κ1) is 15.2. The predicted molar refractivity (Wildman–Crippen MR) is 73.9 cm³/mol. The van der Waals surface area contributed by atoms with Crippen molar-refractivity contribution in [3.05, 3.63) is 18.5 Å². The molecule has 0 bridgehead atoms. The van der Waals surface area contributed by atoms with Gasteiger partial charge in [-0.2, -0.15) is 0 Å². The van der Waals surface area contributed by atoms with Crippen LogP contribution in [-0.2, 0) is 14.3 Å². The molecule has 0 radical (unpaired) electrons. The minimum absolute atomic E-state index is 0.0974. The van der Waals surface area contributed by atoms with Gasteiger partial charge in [0.2, 0.25) is 11.9 Å². The summed E-state index contributed by atoms with van der Waals surface area (Å²) in [6, 6.07) is 1.28. The predicted octanol–water partition coefficient (Wildman–Crippen LogP) is -0.385. The van der Waals surface area contributed by atoms with Gasteiger partial charge in [-0.3, -0.25) is 9.59 Å². The molecule has 1 aromatic heterocycles. The first-order valence-corrected chi connectivity index (χ1v) is 6.65. The van der Waals surface area contributed by atoms with Crippen molar-refractivity contribution in [1.29, 1.82) is 0 Å². The molecule has 1 N–H and O–H groups in total. The lowest BCUT2D eigenvalue weighted by Crippen LogP contribution is -2.52. The second kappa shape index (κ2) is 6.98. The Morgan fingerprint density at radius 2 is 2.19 bits per heavy atom. The smallest absolute Gasteiger partial charge is 0.305 e. The van der Waals surface area contributed by atoms with E-state index in [1.165, 1.54) is 0 Å². The van der Waals surface area contributed by atoms with Crippen molar-refractivity contribution in [2.24, 2.45) is 0 Å². The molecule has 1 fully saturated rings. The third-order valence-corrected chi connectivity index (χ3v) is 3.22. The Kier molecular flexibility index (Phi) is 5.04. The van der Waals surface area contributed by atoms with Crippen LogP contribution in [0.4, 0.5) is 5.95 Å². The third-order valence-electron chi connectivity index (χ3n) is 3.22. The Hall–Kier alpha value is -2.22. The number of aliphatic carboxylic acids is 1. The van der Waals surface area contributed by atoms with Crippen molar-refractivity contribution in [2.45, 2.75) is 12.5 Å². The average Bonchev–Trinajstić information content (AvgIpc) is 2.48. The molecule has 1 atom stereocenters. The lowest BCUT2D eigenvalue weighted by atomic mass is 10.1. The van der Waals surface area contributed by atoms with E-state index in [2.05, 4.69) is 9.97 Å². The number of carboxylic acid groups (broad SMARTS) is 1. The molecule has 8 heteroatoms. The number of carbonyl (C=O) groups is 2. The van der Waals surface area contributed by atoms with Crippen LogP contribution in [-0.4, -0.2) is 71.2 Å². The van der Waals surface area contributed by atoms with Gasteiger partial charge in [0.15, 0.2) is 0 Å². The second-order valence-corrected chi connectivity index (χ2v) is 4.82. The molecule has 0 saturated carbocycles. The number of hydrogen-bond donors (Lipinski definition) is 1. The van der Waals surface area contributed by atoms with Crippen molar-refractivity contribution in [2.75, 3.05) is 38.3 Å². The molecule has 1 saturated heterocycles. The summed E-state index contributed by atoms with van der Waals surface area (Å²) in [4.78, 5) is 34.5. The molecule has 2 rings (SSSR count). The number of amides is 1. The molecule has 1 amide bonds. The van der Waals surface area contributed by atoms with Gasteiger partial charge in [0, 0.05) is 26.0 Å². The minimum atomic E-state index is -0.942. The fourth-order valence-corrected chi connectivity index (χ4v) is 2.21. The minimum Gasteiger partial charge on any atom is -0.481 e. The number of ether oxygens (including phenoxy) is 1. The van der Waals surface area contributed by atoms with Crippen molar-refractivity contribution in [1.82, 2.24) is 14.9 Å². The Labute approximate surface area is 122 Å². The van der Waals surface area contributed by atoms with Crippen LogP contribution >= 0.6 is 0 Å². The monoisotopic (exact) mass is 294 g/mol. The molecule has 0 aromatic carbocycles. The molecule has 1 aliphatic heterocycles. The van der Waals surface area contributed by atoms with E-state index in [0.29, 0.717) is 19.1 Å². The van der Waals surface area contributed by atoms with Crippen LogP contribution in [0.15, 0.2) is 18.5 Å². The summed E-state index contributed by atoms with van der Waals surface area (Å²) in [5, 5.41) is 8.90. The van der Waals surface area contributed by atoms with E-state index in [1.807, 2.05) is 0 Å². The Morgan fingerprint density at radius 3 is 2.86 bits per heavy atom. The first-order chi connectivity index (χ1) is 10.1. The van der Waals surface area contributed by atoms with E-state index in [0.717, 1.165) is 0 Å². The van der Waals surface area contributed by atoms with Crippen molar-refractivity contribution < 1.29 is 19.4 Å². The highest BCUT2D eigenvalue weighted by atomic mass is 16.5. The number of aromatic nitrogens is 2. The summed E-state index contributed by atoms with van der Waals surface area (Å²) in [7, 11) is 1.72. The summed E-state index contributed by atoms with van der Waals surface area (Å²) >= 11 is 0. The second-order valence-electron chi connectivity index (χ2n) is 4.82. The molecule has 1 aromatic rings. The Morgan fingerprint density at radius 1 is 1.48 bits per heavy atom. The quantitative estimate of drug-likeness (QED) is 0.790. The number of morpholine rings is 1. The molecule has 21 heavy (non-hydrogen) atoms. The fraction of sp³-hybridized carbons (Fsp3) is 0.538. The van der Waals surface area contributed by atoms with E-state index < -0.39 is 12.0 Å². The zero-order valence-corrected chi connectivity index (χ0v) is 11.8. The molecule has 1 unspecified atom stereocenters. The Balaban J connectivity index is 1.98. The van der Waals surface area contributed by atoms with Gasteiger partial charge < -0.3 is 19.6 Å². The first-order valence-electron chi connectivity index (χ1n) is 6.65. The van der Waals surface area contributed by atoms with Crippen LogP contribution in [0.25, 0.3) is 0 Å². The van der Waals surface area contributed by atoms with Crippen LogP contribution < -0.4 is 4.90 Å². The van der Waals surface area contributed by atoms with Crippen molar-refractivity contribution >= 4 is 17.8 Å². The van der Waals surface area contributed by atoms with E-state index in [9.17, 15) is 9.59 Å². The van der Waals surface area contributed by atoms with Gasteiger partial charge >= 0.3 is 5.97 Å². The maximum Gasteiger partial charge on any atom is 0.305 e. The number of nitrogens with zero attached hydrogens (tertiary/aromatic N) is 4. The summed E-state index contributed by atoms with van der Waals surface area (Å²) in [6.07, 6.45) is 3.09. The number of rotatable bonds is 5. The number of carbonyl (C=O) groups excluding carboxylic acids is 1. The molecule has 1 aliphatic rings. The normalized spacial score (nSPS) is 18.3. The van der Waals surface area contributed by atoms with Crippen LogP contribution in [0.1, 0.15) is 6.42 Å². The van der Waals surface area contributed by atoms with Gasteiger partial charge in [-0.1, -0.05) is 0 Å². The van der Waals surface area contributed by atoms with Crippen molar-refractivity contribution in [3.8, 4) is 0 Å². The summed E-state index contributed by atoms with van der Waals surface area (Å²) < 4.78 is 5.26. The molecule has 0 aliphatic carbocycles. The largest absolute Gasteiger partial charge is 0.481 e. The summed E-state index contributed by atoms with van der Waals surface area (Å²) in [5.41, 5.74) is 0. The van der Waals surface area contributed by atoms with E-state index >= 15 is 0 Å².